The Bertz CT molecular complexity index is 1200. The maximum atomic E-state index is 13.8. The van der Waals surface area contributed by atoms with Crippen molar-refractivity contribution in [2.24, 2.45) is 0 Å². The molecule has 1 aliphatic heterocycles. The summed E-state index contributed by atoms with van der Waals surface area (Å²) in [7, 11) is 0. The van der Waals surface area contributed by atoms with Gasteiger partial charge in [-0.25, -0.2) is 0 Å². The van der Waals surface area contributed by atoms with E-state index in [4.69, 9.17) is 4.42 Å². The smallest absolute Gasteiger partial charge is 0.277 e. The van der Waals surface area contributed by atoms with Crippen molar-refractivity contribution in [1.29, 1.82) is 0 Å². The zero-order valence-corrected chi connectivity index (χ0v) is 16.2. The van der Waals surface area contributed by atoms with Gasteiger partial charge in [-0.15, -0.1) is 5.10 Å². The number of aryl methyl sites for hydroxylation is 1. The highest BCUT2D eigenvalue weighted by atomic mass is 16.3. The van der Waals surface area contributed by atoms with Gasteiger partial charge in [0.15, 0.2) is 5.82 Å². The molecule has 7 heteroatoms. The molecule has 1 aliphatic rings. The molecule has 0 unspecified atom stereocenters. The van der Waals surface area contributed by atoms with Crippen LogP contribution in [0.25, 0.3) is 23.2 Å². The predicted octanol–water partition coefficient (Wildman–Crippen LogP) is 3.91. The number of hydrogen-bond donors (Lipinski definition) is 0. The van der Waals surface area contributed by atoms with E-state index >= 15 is 0 Å². The van der Waals surface area contributed by atoms with Crippen LogP contribution < -0.4 is 4.90 Å². The summed E-state index contributed by atoms with van der Waals surface area (Å²) in [5.74, 6) is 0.869. The van der Waals surface area contributed by atoms with Crippen molar-refractivity contribution in [1.82, 2.24) is 20.2 Å². The molecule has 0 N–H and O–H groups in total. The standard InChI is InChI=1S/C23H19N5O2/c29-23(27-14-6-11-17-8-4-5-13-20(17)27)21(16-19-12-7-15-30-19)28-22(24-25-26-28)18-9-2-1-3-10-18/h1-5,7-10,12-13,15-16H,6,11,14H2/b21-16+. The predicted molar refractivity (Wildman–Crippen MR) is 113 cm³/mol. The summed E-state index contributed by atoms with van der Waals surface area (Å²) >= 11 is 0. The van der Waals surface area contributed by atoms with Crippen molar-refractivity contribution < 1.29 is 9.21 Å². The molecule has 30 heavy (non-hydrogen) atoms. The Morgan fingerprint density at radius 3 is 2.67 bits per heavy atom. The van der Waals surface area contributed by atoms with E-state index in [1.165, 1.54) is 4.68 Å². The summed E-state index contributed by atoms with van der Waals surface area (Å²) in [4.78, 5) is 15.6. The molecule has 2 aromatic carbocycles. The lowest BCUT2D eigenvalue weighted by Gasteiger charge is -2.30. The minimum atomic E-state index is -0.178. The fourth-order valence-electron chi connectivity index (χ4n) is 3.72. The first-order chi connectivity index (χ1) is 14.8. The van der Waals surface area contributed by atoms with E-state index in [1.54, 1.807) is 29.4 Å². The van der Waals surface area contributed by atoms with Crippen molar-refractivity contribution in [3.63, 3.8) is 0 Å². The molecule has 4 aromatic rings. The van der Waals surface area contributed by atoms with Gasteiger partial charge in [0.25, 0.3) is 5.91 Å². The van der Waals surface area contributed by atoms with Crippen molar-refractivity contribution in [3.05, 3.63) is 84.3 Å². The number of carbonyl (C=O) groups excluding carboxylic acids is 1. The Morgan fingerprint density at radius 1 is 1.00 bits per heavy atom. The van der Waals surface area contributed by atoms with E-state index in [9.17, 15) is 4.79 Å². The van der Waals surface area contributed by atoms with Crippen molar-refractivity contribution in [2.75, 3.05) is 11.4 Å². The second-order valence-electron chi connectivity index (χ2n) is 7.01. The van der Waals surface area contributed by atoms with Crippen LogP contribution >= 0.6 is 0 Å². The minimum absolute atomic E-state index is 0.178. The van der Waals surface area contributed by atoms with Gasteiger partial charge in [0.05, 0.1) is 6.26 Å². The lowest BCUT2D eigenvalue weighted by Crippen LogP contribution is -2.37. The number of rotatable bonds is 4. The van der Waals surface area contributed by atoms with Gasteiger partial charge in [-0.2, -0.15) is 4.68 Å². The van der Waals surface area contributed by atoms with Gasteiger partial charge in [-0.05, 0) is 47.0 Å². The monoisotopic (exact) mass is 397 g/mol. The maximum absolute atomic E-state index is 13.8. The SMILES string of the molecule is O=C(/C(=C\c1ccco1)n1nnnc1-c1ccccc1)N1CCCc2ccccc21. The highest BCUT2D eigenvalue weighted by Gasteiger charge is 2.28. The number of carbonyl (C=O) groups is 1. The number of benzene rings is 2. The number of para-hydroxylation sites is 1. The normalized spacial score (nSPS) is 13.9. The third kappa shape index (κ3) is 3.30. The second kappa shape index (κ2) is 7.79. The molecule has 0 spiro atoms. The van der Waals surface area contributed by atoms with Crippen molar-refractivity contribution >= 4 is 23.4 Å². The molecule has 3 heterocycles. The van der Waals surface area contributed by atoms with Crippen LogP contribution in [0, 0.1) is 0 Å². The summed E-state index contributed by atoms with van der Waals surface area (Å²) in [6.45, 7) is 0.633. The summed E-state index contributed by atoms with van der Waals surface area (Å²) in [6.07, 6.45) is 5.11. The van der Waals surface area contributed by atoms with E-state index in [2.05, 4.69) is 21.6 Å². The molecule has 0 fully saturated rings. The zero-order chi connectivity index (χ0) is 20.3. The molecule has 0 saturated heterocycles. The number of fused-ring (bicyclic) bond motifs is 1. The van der Waals surface area contributed by atoms with E-state index in [0.29, 0.717) is 23.8 Å². The van der Waals surface area contributed by atoms with E-state index in [-0.39, 0.29) is 5.91 Å². The summed E-state index contributed by atoms with van der Waals surface area (Å²) in [6, 6.07) is 21.1. The molecule has 0 saturated carbocycles. The third-order valence-corrected chi connectivity index (χ3v) is 5.13. The number of aromatic nitrogens is 4. The molecule has 0 atom stereocenters. The Hall–Kier alpha value is -4.00. The second-order valence-corrected chi connectivity index (χ2v) is 7.01. The summed E-state index contributed by atoms with van der Waals surface area (Å²) < 4.78 is 6.97. The lowest BCUT2D eigenvalue weighted by atomic mass is 10.0. The molecule has 0 aliphatic carbocycles. The molecule has 0 radical (unpaired) electrons. The van der Waals surface area contributed by atoms with Gasteiger partial charge >= 0.3 is 0 Å². The molecule has 1 amide bonds. The topological polar surface area (TPSA) is 77.0 Å². The highest BCUT2D eigenvalue weighted by Crippen LogP contribution is 2.30. The van der Waals surface area contributed by atoms with Crippen LogP contribution in [0.15, 0.2) is 77.4 Å². The Labute approximate surface area is 173 Å². The van der Waals surface area contributed by atoms with Crippen LogP contribution in [0.2, 0.25) is 0 Å². The number of furan rings is 1. The number of anilines is 1. The first-order valence-corrected chi connectivity index (χ1v) is 9.80. The molecular weight excluding hydrogens is 378 g/mol. The average Bonchev–Trinajstić information content (AvgIpc) is 3.49. The molecule has 7 nitrogen and oxygen atoms in total. The van der Waals surface area contributed by atoms with Gasteiger partial charge < -0.3 is 9.32 Å². The molecule has 148 valence electrons. The molecule has 5 rings (SSSR count). The number of tetrazole rings is 1. The molecule has 2 aromatic heterocycles. The van der Waals surface area contributed by atoms with Gasteiger partial charge in [0.1, 0.15) is 11.5 Å². The number of hydrogen-bond acceptors (Lipinski definition) is 5. The zero-order valence-electron chi connectivity index (χ0n) is 16.2. The minimum Gasteiger partial charge on any atom is -0.465 e. The largest absolute Gasteiger partial charge is 0.465 e. The van der Waals surface area contributed by atoms with Crippen LogP contribution in [0.1, 0.15) is 17.7 Å². The Kier molecular flexibility index (Phi) is 4.69. The van der Waals surface area contributed by atoms with Crippen molar-refractivity contribution in [3.8, 4) is 11.4 Å². The lowest BCUT2D eigenvalue weighted by molar-refractivity contribution is -0.113. The van der Waals surface area contributed by atoms with Crippen molar-refractivity contribution in [2.45, 2.75) is 12.8 Å². The fraction of sp³-hybridized carbons (Fsp3) is 0.130. The first kappa shape index (κ1) is 18.1. The molecule has 0 bridgehead atoms. The first-order valence-electron chi connectivity index (χ1n) is 9.80. The van der Waals surface area contributed by atoms with E-state index in [0.717, 1.165) is 29.7 Å². The van der Waals surface area contributed by atoms with Crippen LogP contribution in [0.3, 0.4) is 0 Å². The maximum Gasteiger partial charge on any atom is 0.277 e. The van der Waals surface area contributed by atoms with Gasteiger partial charge in [0.2, 0.25) is 0 Å². The molecular formula is C23H19N5O2. The van der Waals surface area contributed by atoms with Gasteiger partial charge in [-0.3, -0.25) is 4.79 Å². The number of nitrogens with zero attached hydrogens (tertiary/aromatic N) is 5. The van der Waals surface area contributed by atoms with Gasteiger partial charge in [-0.1, -0.05) is 48.5 Å². The van der Waals surface area contributed by atoms with Gasteiger partial charge in [0, 0.05) is 23.9 Å². The third-order valence-electron chi connectivity index (χ3n) is 5.13. The fourth-order valence-corrected chi connectivity index (χ4v) is 3.72. The quantitative estimate of drug-likeness (QED) is 0.488. The van der Waals surface area contributed by atoms with Crippen LogP contribution in [0.5, 0.6) is 0 Å². The number of amides is 1. The summed E-state index contributed by atoms with van der Waals surface area (Å²) in [5.41, 5.74) is 3.23. The Balaban J connectivity index is 1.62. The van der Waals surface area contributed by atoms with Crippen LogP contribution in [-0.2, 0) is 11.2 Å². The summed E-state index contributed by atoms with van der Waals surface area (Å²) in [5, 5.41) is 12.2. The van der Waals surface area contributed by atoms with Crippen LogP contribution in [-0.4, -0.2) is 32.7 Å². The highest BCUT2D eigenvalue weighted by molar-refractivity contribution is 6.25. The van der Waals surface area contributed by atoms with E-state index in [1.807, 2.05) is 48.5 Å². The Morgan fingerprint density at radius 2 is 1.83 bits per heavy atom. The van der Waals surface area contributed by atoms with E-state index < -0.39 is 0 Å². The van der Waals surface area contributed by atoms with Crippen LogP contribution in [0.4, 0.5) is 5.69 Å². The average molecular weight is 397 g/mol.